The molecule has 2 rings (SSSR count). The van der Waals surface area contributed by atoms with Gasteiger partial charge in [-0.3, -0.25) is 14.5 Å². The van der Waals surface area contributed by atoms with Crippen molar-refractivity contribution in [2.24, 2.45) is 5.73 Å². The van der Waals surface area contributed by atoms with Gasteiger partial charge in [0.05, 0.1) is 6.54 Å². The first-order chi connectivity index (χ1) is 9.95. The van der Waals surface area contributed by atoms with E-state index < -0.39 is 0 Å². The molecule has 6 heteroatoms. The van der Waals surface area contributed by atoms with E-state index >= 15 is 0 Å². The topological polar surface area (TPSA) is 75.4 Å². The number of nitrogens with two attached hydrogens (primary N) is 1. The molecular weight excluding hydrogens is 334 g/mol. The van der Waals surface area contributed by atoms with Crippen molar-refractivity contribution in [3.8, 4) is 0 Å². The third kappa shape index (κ3) is 4.54. The van der Waals surface area contributed by atoms with Gasteiger partial charge in [0.25, 0.3) is 5.91 Å². The average molecular weight is 354 g/mol. The first kappa shape index (κ1) is 16.0. The zero-order valence-corrected chi connectivity index (χ0v) is 13.6. The van der Waals surface area contributed by atoms with Gasteiger partial charge in [0.2, 0.25) is 5.91 Å². The van der Waals surface area contributed by atoms with Crippen molar-refractivity contribution in [2.75, 3.05) is 19.6 Å². The van der Waals surface area contributed by atoms with E-state index in [0.29, 0.717) is 12.1 Å². The summed E-state index contributed by atoms with van der Waals surface area (Å²) in [7, 11) is 0. The Bertz CT molecular complexity index is 540. The summed E-state index contributed by atoms with van der Waals surface area (Å²) in [5.74, 6) is -0.343. The Balaban J connectivity index is 1.90. The van der Waals surface area contributed by atoms with Crippen LogP contribution >= 0.6 is 15.9 Å². The number of hydrogen-bond donors (Lipinski definition) is 2. The highest BCUT2D eigenvalue weighted by Crippen LogP contribution is 2.17. The number of carbonyl (C=O) groups excluding carboxylic acids is 2. The molecular formula is C15H20BrN3O2. The fourth-order valence-corrected chi connectivity index (χ4v) is 2.92. The fourth-order valence-electron chi connectivity index (χ4n) is 2.56. The Morgan fingerprint density at radius 1 is 1.38 bits per heavy atom. The summed E-state index contributed by atoms with van der Waals surface area (Å²) in [6.07, 6.45) is 1.68. The SMILES string of the molecule is Cc1ccc(Br)cc1C(=O)NC1CCN(CC(N)=O)CC1. The number of piperidine rings is 1. The Morgan fingerprint density at radius 2 is 2.05 bits per heavy atom. The second kappa shape index (κ2) is 7.04. The molecule has 0 bridgehead atoms. The minimum absolute atomic E-state index is 0.0397. The van der Waals surface area contributed by atoms with E-state index in [0.717, 1.165) is 36.0 Å². The van der Waals surface area contributed by atoms with Crippen LogP contribution in [0.2, 0.25) is 0 Å². The molecule has 1 aromatic carbocycles. The maximum Gasteiger partial charge on any atom is 0.251 e. The van der Waals surface area contributed by atoms with Crippen LogP contribution < -0.4 is 11.1 Å². The first-order valence-corrected chi connectivity index (χ1v) is 7.82. The summed E-state index contributed by atoms with van der Waals surface area (Å²) in [6, 6.07) is 5.84. The molecule has 114 valence electrons. The predicted molar refractivity (Wildman–Crippen MR) is 85.0 cm³/mol. The summed E-state index contributed by atoms with van der Waals surface area (Å²) in [5.41, 5.74) is 6.85. The molecule has 1 aliphatic rings. The summed E-state index contributed by atoms with van der Waals surface area (Å²) in [5, 5.41) is 3.07. The maximum absolute atomic E-state index is 12.3. The molecule has 0 unspecified atom stereocenters. The van der Waals surface area contributed by atoms with E-state index in [-0.39, 0.29) is 17.9 Å². The second-order valence-corrected chi connectivity index (χ2v) is 6.37. The predicted octanol–water partition coefficient (Wildman–Crippen LogP) is 1.44. The largest absolute Gasteiger partial charge is 0.369 e. The molecule has 2 amide bonds. The van der Waals surface area contributed by atoms with Gasteiger partial charge in [-0.15, -0.1) is 0 Å². The quantitative estimate of drug-likeness (QED) is 0.859. The number of nitrogens with zero attached hydrogens (tertiary/aromatic N) is 1. The molecule has 0 aliphatic carbocycles. The second-order valence-electron chi connectivity index (χ2n) is 5.45. The van der Waals surface area contributed by atoms with Crippen LogP contribution in [0.25, 0.3) is 0 Å². The smallest absolute Gasteiger partial charge is 0.251 e. The number of carbonyl (C=O) groups is 2. The lowest BCUT2D eigenvalue weighted by Crippen LogP contribution is -2.46. The van der Waals surface area contributed by atoms with Crippen molar-refractivity contribution < 1.29 is 9.59 Å². The van der Waals surface area contributed by atoms with Crippen LogP contribution in [0.3, 0.4) is 0 Å². The number of primary amides is 1. The zero-order valence-electron chi connectivity index (χ0n) is 12.1. The molecule has 3 N–H and O–H groups in total. The lowest BCUT2D eigenvalue weighted by molar-refractivity contribution is -0.119. The average Bonchev–Trinajstić information content (AvgIpc) is 2.43. The molecule has 1 saturated heterocycles. The van der Waals surface area contributed by atoms with Crippen LogP contribution in [0.4, 0.5) is 0 Å². The van der Waals surface area contributed by atoms with Gasteiger partial charge in [-0.05, 0) is 37.5 Å². The monoisotopic (exact) mass is 353 g/mol. The summed E-state index contributed by atoms with van der Waals surface area (Å²) in [4.78, 5) is 25.2. The number of aryl methyl sites for hydroxylation is 1. The highest BCUT2D eigenvalue weighted by atomic mass is 79.9. The van der Waals surface area contributed by atoms with Crippen molar-refractivity contribution in [3.05, 3.63) is 33.8 Å². The summed E-state index contributed by atoms with van der Waals surface area (Å²) in [6.45, 7) is 3.79. The molecule has 0 saturated carbocycles. The highest BCUT2D eigenvalue weighted by Gasteiger charge is 2.22. The molecule has 0 spiro atoms. The van der Waals surface area contributed by atoms with Crippen LogP contribution in [-0.4, -0.2) is 42.4 Å². The van der Waals surface area contributed by atoms with E-state index in [1.54, 1.807) is 0 Å². The Labute approximate surface area is 133 Å². The maximum atomic E-state index is 12.3. The van der Waals surface area contributed by atoms with Gasteiger partial charge < -0.3 is 11.1 Å². The van der Waals surface area contributed by atoms with Gasteiger partial charge in [0.1, 0.15) is 0 Å². The lowest BCUT2D eigenvalue weighted by atomic mass is 10.0. The summed E-state index contributed by atoms with van der Waals surface area (Å²) < 4.78 is 0.898. The van der Waals surface area contributed by atoms with Gasteiger partial charge in [-0.2, -0.15) is 0 Å². The number of hydrogen-bond acceptors (Lipinski definition) is 3. The standard InChI is InChI=1S/C15H20BrN3O2/c1-10-2-3-11(16)8-13(10)15(21)18-12-4-6-19(7-5-12)9-14(17)20/h2-3,8,12H,4-7,9H2,1H3,(H2,17,20)(H,18,21). The van der Waals surface area contributed by atoms with Crippen LogP contribution in [0.1, 0.15) is 28.8 Å². The zero-order chi connectivity index (χ0) is 15.4. The normalized spacial score (nSPS) is 16.7. The van der Waals surface area contributed by atoms with E-state index in [4.69, 9.17) is 5.73 Å². The molecule has 1 fully saturated rings. The van der Waals surface area contributed by atoms with Gasteiger partial charge >= 0.3 is 0 Å². The summed E-state index contributed by atoms with van der Waals surface area (Å²) >= 11 is 3.39. The van der Waals surface area contributed by atoms with Crippen molar-refractivity contribution in [3.63, 3.8) is 0 Å². The van der Waals surface area contributed by atoms with Crippen molar-refractivity contribution in [1.29, 1.82) is 0 Å². The number of rotatable bonds is 4. The van der Waals surface area contributed by atoms with Gasteiger partial charge in [0.15, 0.2) is 0 Å². The Hall–Kier alpha value is -1.40. The molecule has 0 atom stereocenters. The molecule has 21 heavy (non-hydrogen) atoms. The van der Waals surface area contributed by atoms with E-state index in [1.165, 1.54) is 0 Å². The third-order valence-electron chi connectivity index (χ3n) is 3.75. The minimum atomic E-state index is -0.303. The van der Waals surface area contributed by atoms with E-state index in [9.17, 15) is 9.59 Å². The fraction of sp³-hybridized carbons (Fsp3) is 0.467. The number of amides is 2. The van der Waals surface area contributed by atoms with E-state index in [2.05, 4.69) is 21.2 Å². The van der Waals surface area contributed by atoms with Crippen molar-refractivity contribution >= 4 is 27.7 Å². The Kier molecular flexibility index (Phi) is 5.36. The molecule has 1 aliphatic heterocycles. The van der Waals surface area contributed by atoms with Gasteiger partial charge in [0, 0.05) is 29.2 Å². The molecule has 1 heterocycles. The van der Waals surface area contributed by atoms with Crippen molar-refractivity contribution in [1.82, 2.24) is 10.2 Å². The van der Waals surface area contributed by atoms with Crippen molar-refractivity contribution in [2.45, 2.75) is 25.8 Å². The number of likely N-dealkylation sites (tertiary alicyclic amines) is 1. The van der Waals surface area contributed by atoms with E-state index in [1.807, 2.05) is 30.0 Å². The first-order valence-electron chi connectivity index (χ1n) is 7.03. The van der Waals surface area contributed by atoms with Crippen LogP contribution in [-0.2, 0) is 4.79 Å². The Morgan fingerprint density at radius 3 is 2.67 bits per heavy atom. The number of halogens is 1. The molecule has 1 aromatic rings. The molecule has 0 aromatic heterocycles. The molecule has 5 nitrogen and oxygen atoms in total. The third-order valence-corrected chi connectivity index (χ3v) is 4.24. The van der Waals surface area contributed by atoms with Gasteiger partial charge in [-0.1, -0.05) is 22.0 Å². The minimum Gasteiger partial charge on any atom is -0.369 e. The number of benzene rings is 1. The van der Waals surface area contributed by atoms with Crippen LogP contribution in [0, 0.1) is 6.92 Å². The van der Waals surface area contributed by atoms with Gasteiger partial charge in [-0.25, -0.2) is 0 Å². The van der Waals surface area contributed by atoms with Crippen LogP contribution in [0.5, 0.6) is 0 Å². The lowest BCUT2D eigenvalue weighted by Gasteiger charge is -2.31. The molecule has 0 radical (unpaired) electrons. The highest BCUT2D eigenvalue weighted by molar-refractivity contribution is 9.10. The van der Waals surface area contributed by atoms with Crippen LogP contribution in [0.15, 0.2) is 22.7 Å². The number of nitrogens with one attached hydrogen (secondary N) is 1.